The number of nitrogens with zero attached hydrogens (tertiary/aromatic N) is 2. The maximum Gasteiger partial charge on any atom is 0.341 e. The zero-order valence-corrected chi connectivity index (χ0v) is 12.1. The number of ether oxygens (including phenoxy) is 1. The third kappa shape index (κ3) is 4.87. The van der Waals surface area contributed by atoms with Crippen LogP contribution in [0.3, 0.4) is 0 Å². The van der Waals surface area contributed by atoms with Crippen molar-refractivity contribution in [3.63, 3.8) is 0 Å². The van der Waals surface area contributed by atoms with Crippen molar-refractivity contribution in [1.82, 2.24) is 9.88 Å². The Morgan fingerprint density at radius 1 is 1.53 bits per heavy atom. The Morgan fingerprint density at radius 2 is 2.26 bits per heavy atom. The molecule has 5 nitrogen and oxygen atoms in total. The summed E-state index contributed by atoms with van der Waals surface area (Å²) in [7, 11) is 2.07. The van der Waals surface area contributed by atoms with Crippen LogP contribution in [0.4, 0.5) is 5.82 Å². The molecule has 0 saturated carbocycles. The van der Waals surface area contributed by atoms with Gasteiger partial charge in [0.1, 0.15) is 11.4 Å². The van der Waals surface area contributed by atoms with Crippen molar-refractivity contribution in [2.45, 2.75) is 26.8 Å². The number of carbonyl (C=O) groups excluding carboxylic acids is 1. The van der Waals surface area contributed by atoms with Gasteiger partial charge in [-0.25, -0.2) is 9.78 Å². The first-order valence-corrected chi connectivity index (χ1v) is 6.62. The van der Waals surface area contributed by atoms with Gasteiger partial charge in [-0.05, 0) is 40.0 Å². The molecule has 0 atom stereocenters. The number of hydrogen-bond donors (Lipinski definition) is 1. The fourth-order valence-electron chi connectivity index (χ4n) is 1.53. The van der Waals surface area contributed by atoms with Gasteiger partial charge < -0.3 is 15.0 Å². The highest BCUT2D eigenvalue weighted by atomic mass is 16.5. The molecule has 1 rings (SSSR count). The van der Waals surface area contributed by atoms with Crippen molar-refractivity contribution in [3.8, 4) is 0 Å². The topological polar surface area (TPSA) is 54.5 Å². The number of nitrogens with one attached hydrogen (secondary N) is 1. The molecule has 19 heavy (non-hydrogen) atoms. The van der Waals surface area contributed by atoms with Crippen LogP contribution in [0.1, 0.15) is 31.1 Å². The van der Waals surface area contributed by atoms with Crippen LogP contribution in [0.25, 0.3) is 0 Å². The third-order valence-electron chi connectivity index (χ3n) is 2.94. The van der Waals surface area contributed by atoms with Gasteiger partial charge in [0, 0.05) is 25.3 Å². The summed E-state index contributed by atoms with van der Waals surface area (Å²) in [5.41, 5.74) is 0.483. The van der Waals surface area contributed by atoms with Crippen LogP contribution in [0.15, 0.2) is 18.3 Å². The minimum absolute atomic E-state index is 0.338. The first kappa shape index (κ1) is 15.4. The molecule has 1 aromatic rings. The quantitative estimate of drug-likeness (QED) is 0.764. The first-order chi connectivity index (χ1) is 9.06. The van der Waals surface area contributed by atoms with Gasteiger partial charge in [-0.2, -0.15) is 0 Å². The fourth-order valence-corrected chi connectivity index (χ4v) is 1.53. The minimum atomic E-state index is -0.338. The molecule has 0 unspecified atom stereocenters. The number of pyridine rings is 1. The minimum Gasteiger partial charge on any atom is -0.462 e. The molecule has 0 fully saturated rings. The highest BCUT2D eigenvalue weighted by molar-refractivity contribution is 5.94. The molecule has 0 aromatic carbocycles. The van der Waals surface area contributed by atoms with E-state index in [1.165, 1.54) is 0 Å². The second-order valence-corrected chi connectivity index (χ2v) is 4.62. The van der Waals surface area contributed by atoms with E-state index in [0.717, 1.165) is 13.1 Å². The maximum atomic E-state index is 11.8. The Kier molecular flexibility index (Phi) is 6.29. The van der Waals surface area contributed by atoms with Crippen molar-refractivity contribution in [2.75, 3.05) is 32.1 Å². The number of carbonyl (C=O) groups is 1. The van der Waals surface area contributed by atoms with Crippen LogP contribution >= 0.6 is 0 Å². The van der Waals surface area contributed by atoms with Crippen molar-refractivity contribution < 1.29 is 9.53 Å². The van der Waals surface area contributed by atoms with Gasteiger partial charge in [-0.3, -0.25) is 0 Å². The predicted molar refractivity (Wildman–Crippen MR) is 76.4 cm³/mol. The molecule has 5 heteroatoms. The van der Waals surface area contributed by atoms with Crippen LogP contribution < -0.4 is 5.32 Å². The van der Waals surface area contributed by atoms with Crippen molar-refractivity contribution >= 4 is 11.8 Å². The summed E-state index contributed by atoms with van der Waals surface area (Å²) in [6, 6.07) is 3.95. The first-order valence-electron chi connectivity index (χ1n) is 6.62. The van der Waals surface area contributed by atoms with Crippen LogP contribution in [0.2, 0.25) is 0 Å². The van der Waals surface area contributed by atoms with E-state index in [9.17, 15) is 4.79 Å². The molecule has 0 bridgehead atoms. The largest absolute Gasteiger partial charge is 0.462 e. The van der Waals surface area contributed by atoms with Crippen LogP contribution in [0, 0.1) is 0 Å². The molecule has 0 saturated heterocycles. The lowest BCUT2D eigenvalue weighted by molar-refractivity contribution is 0.0527. The highest BCUT2D eigenvalue weighted by Gasteiger charge is 2.13. The highest BCUT2D eigenvalue weighted by Crippen LogP contribution is 2.12. The SMILES string of the molecule is CCOC(=O)c1cccnc1NCCN(C)C(C)C. The zero-order valence-electron chi connectivity index (χ0n) is 12.1. The van der Waals surface area contributed by atoms with Crippen LogP contribution in [-0.4, -0.2) is 48.6 Å². The molecule has 1 heterocycles. The van der Waals surface area contributed by atoms with E-state index in [4.69, 9.17) is 4.74 Å². The summed E-state index contributed by atoms with van der Waals surface area (Å²) in [4.78, 5) is 18.2. The van der Waals surface area contributed by atoms with E-state index in [1.807, 2.05) is 0 Å². The normalized spacial score (nSPS) is 10.8. The van der Waals surface area contributed by atoms with Gasteiger partial charge in [0.05, 0.1) is 6.61 Å². The Balaban J connectivity index is 2.60. The molecule has 0 spiro atoms. The number of likely N-dealkylation sites (N-methyl/N-ethyl adjacent to an activating group) is 1. The van der Waals surface area contributed by atoms with Gasteiger partial charge in [-0.1, -0.05) is 0 Å². The van der Waals surface area contributed by atoms with E-state index in [2.05, 4.69) is 36.1 Å². The lowest BCUT2D eigenvalue weighted by Crippen LogP contribution is -2.31. The van der Waals surface area contributed by atoms with E-state index in [0.29, 0.717) is 24.0 Å². The Morgan fingerprint density at radius 3 is 2.89 bits per heavy atom. The average molecular weight is 265 g/mol. The van der Waals surface area contributed by atoms with Gasteiger partial charge in [-0.15, -0.1) is 0 Å². The number of rotatable bonds is 7. The Labute approximate surface area is 115 Å². The summed E-state index contributed by atoms with van der Waals surface area (Å²) in [6.07, 6.45) is 1.66. The van der Waals surface area contributed by atoms with E-state index in [-0.39, 0.29) is 5.97 Å². The summed E-state index contributed by atoms with van der Waals surface area (Å²) in [5.74, 6) is 0.244. The molecule has 0 aliphatic rings. The predicted octanol–water partition coefficient (Wildman–Crippen LogP) is 2.01. The third-order valence-corrected chi connectivity index (χ3v) is 2.94. The lowest BCUT2D eigenvalue weighted by Gasteiger charge is -2.21. The van der Waals surface area contributed by atoms with Crippen LogP contribution in [-0.2, 0) is 4.74 Å². The molecule has 0 aliphatic carbocycles. The van der Waals surface area contributed by atoms with Gasteiger partial charge in [0.2, 0.25) is 0 Å². The number of anilines is 1. The van der Waals surface area contributed by atoms with E-state index < -0.39 is 0 Å². The average Bonchev–Trinajstić information content (AvgIpc) is 2.39. The number of esters is 1. The maximum absolute atomic E-state index is 11.8. The molecular formula is C14H23N3O2. The van der Waals surface area contributed by atoms with Gasteiger partial charge >= 0.3 is 5.97 Å². The summed E-state index contributed by atoms with van der Waals surface area (Å²) in [5, 5.41) is 3.18. The molecule has 1 N–H and O–H groups in total. The van der Waals surface area contributed by atoms with Crippen molar-refractivity contribution in [3.05, 3.63) is 23.9 Å². The summed E-state index contributed by atoms with van der Waals surface area (Å²) in [6.45, 7) is 8.06. The van der Waals surface area contributed by atoms with E-state index in [1.54, 1.807) is 25.3 Å². The fraction of sp³-hybridized carbons (Fsp3) is 0.571. The van der Waals surface area contributed by atoms with Crippen molar-refractivity contribution in [1.29, 1.82) is 0 Å². The molecule has 0 aliphatic heterocycles. The van der Waals surface area contributed by atoms with Gasteiger partial charge in [0.15, 0.2) is 0 Å². The number of hydrogen-bond acceptors (Lipinski definition) is 5. The second kappa shape index (κ2) is 7.74. The number of aromatic nitrogens is 1. The molecule has 0 radical (unpaired) electrons. The van der Waals surface area contributed by atoms with Crippen molar-refractivity contribution in [2.24, 2.45) is 0 Å². The smallest absolute Gasteiger partial charge is 0.341 e. The zero-order chi connectivity index (χ0) is 14.3. The summed E-state index contributed by atoms with van der Waals surface area (Å²) >= 11 is 0. The standard InChI is InChI=1S/C14H23N3O2/c1-5-19-14(18)12-7-6-8-15-13(12)16-9-10-17(4)11(2)3/h6-8,11H,5,9-10H2,1-4H3,(H,15,16). The lowest BCUT2D eigenvalue weighted by atomic mass is 10.2. The molecule has 1 aromatic heterocycles. The van der Waals surface area contributed by atoms with Gasteiger partial charge in [0.25, 0.3) is 0 Å². The molecular weight excluding hydrogens is 242 g/mol. The second-order valence-electron chi connectivity index (χ2n) is 4.62. The molecule has 106 valence electrons. The Bertz CT molecular complexity index is 407. The van der Waals surface area contributed by atoms with Crippen LogP contribution in [0.5, 0.6) is 0 Å². The monoisotopic (exact) mass is 265 g/mol. The summed E-state index contributed by atoms with van der Waals surface area (Å²) < 4.78 is 5.00. The Hall–Kier alpha value is -1.62. The molecule has 0 amide bonds. The van der Waals surface area contributed by atoms with E-state index >= 15 is 0 Å².